The lowest BCUT2D eigenvalue weighted by Gasteiger charge is -2.19. The first-order valence-corrected chi connectivity index (χ1v) is 7.02. The van der Waals surface area contributed by atoms with Crippen LogP contribution in [-0.4, -0.2) is 5.75 Å². The van der Waals surface area contributed by atoms with Crippen LogP contribution < -0.4 is 0 Å². The molecular formula is C15H23NS. The molecule has 0 aromatic heterocycles. The van der Waals surface area contributed by atoms with E-state index in [9.17, 15) is 0 Å². The Bertz CT molecular complexity index is 336. The summed E-state index contributed by atoms with van der Waals surface area (Å²) in [5, 5.41) is 6.50. The SMILES string of the molecule is C#N.CCCCSc1cccc(C(C)(C)C)c1. The first-order chi connectivity index (χ1) is 8.04. The summed E-state index contributed by atoms with van der Waals surface area (Å²) in [4.78, 5) is 1.41. The second-order valence-electron chi connectivity index (χ2n) is 4.98. The normalized spacial score (nSPS) is 10.5. The molecule has 1 aromatic rings. The van der Waals surface area contributed by atoms with Gasteiger partial charge in [0, 0.05) is 11.5 Å². The van der Waals surface area contributed by atoms with Crippen molar-refractivity contribution in [1.29, 1.82) is 5.26 Å². The Balaban J connectivity index is 0.00000121. The number of hydrogen-bond acceptors (Lipinski definition) is 2. The predicted octanol–water partition coefficient (Wildman–Crippen LogP) is 5.02. The fraction of sp³-hybridized carbons (Fsp3) is 0.533. The van der Waals surface area contributed by atoms with E-state index in [1.165, 1.54) is 29.1 Å². The summed E-state index contributed by atoms with van der Waals surface area (Å²) < 4.78 is 0. The molecule has 1 nitrogen and oxygen atoms in total. The van der Waals surface area contributed by atoms with Crippen LogP contribution in [0.25, 0.3) is 0 Å². The van der Waals surface area contributed by atoms with Crippen LogP contribution in [0.2, 0.25) is 0 Å². The first-order valence-electron chi connectivity index (χ1n) is 6.03. The van der Waals surface area contributed by atoms with Gasteiger partial charge >= 0.3 is 0 Å². The van der Waals surface area contributed by atoms with E-state index in [0.29, 0.717) is 0 Å². The number of hydrogen-bond donors (Lipinski definition) is 0. The standard InChI is InChI=1S/C14H22S.CHN/c1-5-6-10-15-13-9-7-8-12(11-13)14(2,3)4;1-2/h7-9,11H,5-6,10H2,1-4H3;1H. The van der Waals surface area contributed by atoms with Crippen LogP contribution in [0.15, 0.2) is 29.2 Å². The van der Waals surface area contributed by atoms with Crippen molar-refractivity contribution in [1.82, 2.24) is 0 Å². The summed E-state index contributed by atoms with van der Waals surface area (Å²) in [5.41, 5.74) is 1.70. The van der Waals surface area contributed by atoms with Crippen molar-refractivity contribution in [3.8, 4) is 6.57 Å². The molecule has 94 valence electrons. The van der Waals surface area contributed by atoms with Crippen LogP contribution in [0.1, 0.15) is 46.1 Å². The van der Waals surface area contributed by atoms with Gasteiger partial charge in [0.05, 0.1) is 0 Å². The highest BCUT2D eigenvalue weighted by molar-refractivity contribution is 7.99. The number of nitrogens with zero attached hydrogens (tertiary/aromatic N) is 1. The van der Waals surface area contributed by atoms with Crippen molar-refractivity contribution in [2.45, 2.75) is 50.8 Å². The van der Waals surface area contributed by atoms with E-state index in [4.69, 9.17) is 5.26 Å². The number of benzene rings is 1. The Morgan fingerprint density at radius 2 is 1.88 bits per heavy atom. The van der Waals surface area contributed by atoms with Crippen molar-refractivity contribution < 1.29 is 0 Å². The van der Waals surface area contributed by atoms with Crippen LogP contribution >= 0.6 is 11.8 Å². The Morgan fingerprint density at radius 1 is 1.24 bits per heavy atom. The maximum absolute atomic E-state index is 6.50. The number of thioether (sulfide) groups is 1. The van der Waals surface area contributed by atoms with Crippen molar-refractivity contribution in [2.75, 3.05) is 5.75 Å². The molecule has 1 aromatic carbocycles. The molecule has 0 saturated carbocycles. The van der Waals surface area contributed by atoms with Crippen LogP contribution in [0.4, 0.5) is 0 Å². The zero-order valence-corrected chi connectivity index (χ0v) is 12.2. The molecular weight excluding hydrogens is 226 g/mol. The minimum atomic E-state index is 0.265. The topological polar surface area (TPSA) is 23.8 Å². The molecule has 0 radical (unpaired) electrons. The number of rotatable bonds is 4. The molecule has 0 aliphatic heterocycles. The highest BCUT2D eigenvalue weighted by atomic mass is 32.2. The van der Waals surface area contributed by atoms with Crippen molar-refractivity contribution >= 4 is 11.8 Å². The monoisotopic (exact) mass is 249 g/mol. The van der Waals surface area contributed by atoms with E-state index >= 15 is 0 Å². The van der Waals surface area contributed by atoms with E-state index in [2.05, 4.69) is 58.5 Å². The van der Waals surface area contributed by atoms with E-state index in [1.54, 1.807) is 0 Å². The zero-order chi connectivity index (χ0) is 13.3. The quantitative estimate of drug-likeness (QED) is 0.553. The molecule has 17 heavy (non-hydrogen) atoms. The molecule has 2 heteroatoms. The Labute approximate surface area is 110 Å². The third-order valence-corrected chi connectivity index (χ3v) is 3.55. The van der Waals surface area contributed by atoms with Gasteiger partial charge in [-0.3, -0.25) is 0 Å². The smallest absolute Gasteiger partial charge is 0.0462 e. The summed E-state index contributed by atoms with van der Waals surface area (Å²) in [5.74, 6) is 1.24. The molecule has 0 unspecified atom stereocenters. The molecule has 1 rings (SSSR count). The number of unbranched alkanes of at least 4 members (excludes halogenated alkanes) is 1. The van der Waals surface area contributed by atoms with Gasteiger partial charge in [-0.25, -0.2) is 5.26 Å². The molecule has 0 amide bonds. The molecule has 0 bridgehead atoms. The van der Waals surface area contributed by atoms with Crippen molar-refractivity contribution in [2.24, 2.45) is 0 Å². The van der Waals surface area contributed by atoms with Gasteiger partial charge in [-0.15, -0.1) is 11.8 Å². The molecule has 0 atom stereocenters. The van der Waals surface area contributed by atoms with E-state index < -0.39 is 0 Å². The van der Waals surface area contributed by atoms with E-state index in [1.807, 2.05) is 11.8 Å². The minimum Gasteiger partial charge on any atom is -0.202 e. The second kappa shape index (κ2) is 8.20. The molecule has 0 fully saturated rings. The second-order valence-corrected chi connectivity index (χ2v) is 6.15. The fourth-order valence-electron chi connectivity index (χ4n) is 1.39. The molecule has 0 aliphatic carbocycles. The summed E-state index contributed by atoms with van der Waals surface area (Å²) in [6.07, 6.45) is 2.59. The van der Waals surface area contributed by atoms with Gasteiger partial charge in [0.25, 0.3) is 0 Å². The average Bonchev–Trinajstić information content (AvgIpc) is 2.31. The van der Waals surface area contributed by atoms with Gasteiger partial charge in [0.15, 0.2) is 0 Å². The summed E-state index contributed by atoms with van der Waals surface area (Å²) in [6.45, 7) is 12.5. The summed E-state index contributed by atoms with van der Waals surface area (Å²) in [7, 11) is 0. The highest BCUT2D eigenvalue weighted by Crippen LogP contribution is 2.27. The van der Waals surface area contributed by atoms with Crippen LogP contribution in [-0.2, 0) is 5.41 Å². The Morgan fingerprint density at radius 3 is 2.41 bits per heavy atom. The maximum Gasteiger partial charge on any atom is 0.0462 e. The lowest BCUT2D eigenvalue weighted by Crippen LogP contribution is -2.10. The van der Waals surface area contributed by atoms with Gasteiger partial charge in [-0.05, 0) is 35.3 Å². The van der Waals surface area contributed by atoms with E-state index in [0.717, 1.165) is 0 Å². The third kappa shape index (κ3) is 6.38. The van der Waals surface area contributed by atoms with Crippen LogP contribution in [0.3, 0.4) is 0 Å². The number of nitriles is 1. The maximum atomic E-state index is 6.50. The molecule has 0 aliphatic rings. The molecule has 0 spiro atoms. The largest absolute Gasteiger partial charge is 0.202 e. The fourth-order valence-corrected chi connectivity index (χ4v) is 2.44. The van der Waals surface area contributed by atoms with Gasteiger partial charge in [0.2, 0.25) is 0 Å². The van der Waals surface area contributed by atoms with Gasteiger partial charge in [0.1, 0.15) is 0 Å². The summed E-state index contributed by atoms with van der Waals surface area (Å²) >= 11 is 1.98. The molecule has 0 saturated heterocycles. The van der Waals surface area contributed by atoms with Gasteiger partial charge in [-0.2, -0.15) is 0 Å². The summed E-state index contributed by atoms with van der Waals surface area (Å²) in [6, 6.07) is 8.95. The van der Waals surface area contributed by atoms with E-state index in [-0.39, 0.29) is 5.41 Å². The van der Waals surface area contributed by atoms with Gasteiger partial charge < -0.3 is 0 Å². The average molecular weight is 249 g/mol. The lowest BCUT2D eigenvalue weighted by molar-refractivity contribution is 0.588. The molecule has 0 N–H and O–H groups in total. The first kappa shape index (κ1) is 16.1. The highest BCUT2D eigenvalue weighted by Gasteiger charge is 2.13. The zero-order valence-electron chi connectivity index (χ0n) is 11.4. The Kier molecular flexibility index (Phi) is 7.74. The van der Waals surface area contributed by atoms with Crippen LogP contribution in [0.5, 0.6) is 0 Å². The third-order valence-electron chi connectivity index (χ3n) is 2.47. The van der Waals surface area contributed by atoms with Crippen molar-refractivity contribution in [3.63, 3.8) is 0 Å². The van der Waals surface area contributed by atoms with Gasteiger partial charge in [-0.1, -0.05) is 46.2 Å². The van der Waals surface area contributed by atoms with Crippen LogP contribution in [0, 0.1) is 11.8 Å². The lowest BCUT2D eigenvalue weighted by atomic mass is 9.87. The van der Waals surface area contributed by atoms with Crippen molar-refractivity contribution in [3.05, 3.63) is 29.8 Å². The predicted molar refractivity (Wildman–Crippen MR) is 77.4 cm³/mol. The minimum absolute atomic E-state index is 0.265. The molecule has 0 heterocycles. The Hall–Kier alpha value is -0.940.